The summed E-state index contributed by atoms with van der Waals surface area (Å²) in [5.41, 5.74) is 4.62. The molecule has 0 radical (unpaired) electrons. The monoisotopic (exact) mass is 482 g/mol. The van der Waals surface area contributed by atoms with Gasteiger partial charge in [-0.2, -0.15) is 0 Å². The zero-order valence-electron chi connectivity index (χ0n) is 17.9. The highest BCUT2D eigenvalue weighted by molar-refractivity contribution is 7.99. The Kier molecular flexibility index (Phi) is 5.40. The van der Waals surface area contributed by atoms with E-state index in [0.29, 0.717) is 16.8 Å². The van der Waals surface area contributed by atoms with Crippen molar-refractivity contribution in [2.45, 2.75) is 11.7 Å². The molecule has 0 spiro atoms. The molecule has 0 aliphatic heterocycles. The highest BCUT2D eigenvalue weighted by Crippen LogP contribution is 2.29. The fraction of sp³-hybridized carbons (Fsp3) is 0.0800. The second-order valence-electron chi connectivity index (χ2n) is 7.68. The molecular weight excluding hydrogens is 464 g/mol. The average molecular weight is 483 g/mol. The lowest BCUT2D eigenvalue weighted by molar-refractivity contribution is -0.113. The van der Waals surface area contributed by atoms with Crippen LogP contribution in [0.25, 0.3) is 32.3 Å². The molecule has 34 heavy (non-hydrogen) atoms. The third-order valence-corrected chi connectivity index (χ3v) is 7.20. The number of carbonyl (C=O) groups excluding carboxylic acids is 1. The summed E-state index contributed by atoms with van der Waals surface area (Å²) >= 11 is 2.72. The van der Waals surface area contributed by atoms with Crippen molar-refractivity contribution in [1.29, 1.82) is 0 Å². The number of nitrogens with one attached hydrogen (secondary N) is 1. The van der Waals surface area contributed by atoms with E-state index >= 15 is 0 Å². The first-order chi connectivity index (χ1) is 16.7. The average Bonchev–Trinajstić information content (AvgIpc) is 3.42. The van der Waals surface area contributed by atoms with Crippen molar-refractivity contribution in [3.05, 3.63) is 84.4 Å². The van der Waals surface area contributed by atoms with Crippen molar-refractivity contribution in [1.82, 2.24) is 24.7 Å². The number of hydrogen-bond donors (Lipinski definition) is 1. The maximum Gasteiger partial charge on any atom is 0.236 e. The number of thiazole rings is 1. The predicted molar refractivity (Wildman–Crippen MR) is 137 cm³/mol. The third kappa shape index (κ3) is 4.00. The second-order valence-corrected chi connectivity index (χ2v) is 9.65. The highest BCUT2D eigenvalue weighted by Gasteiger charge is 2.16. The maximum absolute atomic E-state index is 12.5. The van der Waals surface area contributed by atoms with Gasteiger partial charge in [0.05, 0.1) is 21.5 Å². The number of aromatic nitrogens is 5. The van der Waals surface area contributed by atoms with Crippen molar-refractivity contribution in [2.75, 3.05) is 11.1 Å². The van der Waals surface area contributed by atoms with Gasteiger partial charge in [-0.25, -0.2) is 9.97 Å². The van der Waals surface area contributed by atoms with Crippen LogP contribution in [0.4, 0.5) is 5.13 Å². The van der Waals surface area contributed by atoms with Crippen molar-refractivity contribution >= 4 is 66.4 Å². The Balaban J connectivity index is 1.25. The van der Waals surface area contributed by atoms with Gasteiger partial charge in [0.1, 0.15) is 5.52 Å². The molecule has 3 aromatic carbocycles. The summed E-state index contributed by atoms with van der Waals surface area (Å²) in [6.45, 7) is 0.672. The van der Waals surface area contributed by atoms with Crippen molar-refractivity contribution in [2.24, 2.45) is 0 Å². The van der Waals surface area contributed by atoms with E-state index < -0.39 is 0 Å². The molecule has 6 rings (SSSR count). The van der Waals surface area contributed by atoms with Gasteiger partial charge in [-0.15, -0.1) is 10.2 Å². The summed E-state index contributed by atoms with van der Waals surface area (Å²) in [7, 11) is 0. The van der Waals surface area contributed by atoms with Crippen LogP contribution in [0, 0.1) is 0 Å². The normalized spacial score (nSPS) is 11.4. The molecule has 1 amide bonds. The summed E-state index contributed by atoms with van der Waals surface area (Å²) in [4.78, 5) is 21.8. The van der Waals surface area contributed by atoms with Crippen LogP contribution in [0.2, 0.25) is 0 Å². The van der Waals surface area contributed by atoms with Gasteiger partial charge in [0, 0.05) is 11.9 Å². The van der Waals surface area contributed by atoms with Gasteiger partial charge in [-0.05, 0) is 23.8 Å². The Morgan fingerprint density at radius 1 is 0.912 bits per heavy atom. The second kappa shape index (κ2) is 8.85. The molecule has 3 aromatic heterocycles. The Labute approximate surface area is 202 Å². The minimum Gasteiger partial charge on any atom is -0.319 e. The molecular formula is C25H18N6OS2. The SMILES string of the molecule is O=C(CSc1nnc2c3ccccc3n(Cc3ccccc3)c2n1)Nc1nc2ccccc2s1. The van der Waals surface area contributed by atoms with Crippen LogP contribution in [0.1, 0.15) is 5.56 Å². The Hall–Kier alpha value is -3.82. The molecule has 9 heteroatoms. The van der Waals surface area contributed by atoms with E-state index in [1.54, 1.807) is 0 Å². The first-order valence-corrected chi connectivity index (χ1v) is 12.5. The summed E-state index contributed by atoms with van der Waals surface area (Å²) in [6, 6.07) is 26.2. The maximum atomic E-state index is 12.5. The van der Waals surface area contributed by atoms with Crippen molar-refractivity contribution in [3.63, 3.8) is 0 Å². The number of hydrogen-bond acceptors (Lipinski definition) is 7. The van der Waals surface area contributed by atoms with E-state index in [9.17, 15) is 4.79 Å². The number of carbonyl (C=O) groups is 1. The molecule has 0 saturated carbocycles. The van der Waals surface area contributed by atoms with Crippen molar-refractivity contribution < 1.29 is 4.79 Å². The molecule has 0 aliphatic carbocycles. The molecule has 0 aliphatic rings. The van der Waals surface area contributed by atoms with E-state index in [2.05, 4.69) is 43.3 Å². The molecule has 0 bridgehead atoms. The van der Waals surface area contributed by atoms with Gasteiger partial charge in [-0.1, -0.05) is 83.8 Å². The van der Waals surface area contributed by atoms with E-state index in [0.717, 1.165) is 32.3 Å². The number of nitrogens with zero attached hydrogens (tertiary/aromatic N) is 5. The van der Waals surface area contributed by atoms with Gasteiger partial charge in [-0.3, -0.25) is 4.79 Å². The minimum atomic E-state index is -0.155. The van der Waals surface area contributed by atoms with E-state index in [1.807, 2.05) is 60.7 Å². The van der Waals surface area contributed by atoms with Gasteiger partial charge in [0.25, 0.3) is 0 Å². The van der Waals surface area contributed by atoms with Crippen LogP contribution in [-0.4, -0.2) is 36.4 Å². The highest BCUT2D eigenvalue weighted by atomic mass is 32.2. The largest absolute Gasteiger partial charge is 0.319 e. The van der Waals surface area contributed by atoms with E-state index in [4.69, 9.17) is 4.98 Å². The number of fused-ring (bicyclic) bond motifs is 4. The number of thioether (sulfide) groups is 1. The van der Waals surface area contributed by atoms with Crippen LogP contribution in [0.15, 0.2) is 84.0 Å². The first kappa shape index (κ1) is 20.8. The smallest absolute Gasteiger partial charge is 0.236 e. The fourth-order valence-electron chi connectivity index (χ4n) is 3.89. The van der Waals surface area contributed by atoms with Crippen LogP contribution in [0.3, 0.4) is 0 Å². The third-order valence-electron chi connectivity index (χ3n) is 5.41. The van der Waals surface area contributed by atoms with Crippen LogP contribution < -0.4 is 5.32 Å². The zero-order chi connectivity index (χ0) is 22.9. The number of amides is 1. The first-order valence-electron chi connectivity index (χ1n) is 10.7. The quantitative estimate of drug-likeness (QED) is 0.321. The van der Waals surface area contributed by atoms with Gasteiger partial charge in [0.15, 0.2) is 10.8 Å². The summed E-state index contributed by atoms with van der Waals surface area (Å²) in [6.07, 6.45) is 0. The van der Waals surface area contributed by atoms with Gasteiger partial charge in [0.2, 0.25) is 11.1 Å². The standard InChI is InChI=1S/C25H18N6OS2/c32-21(27-24-26-18-11-5-7-13-20(18)34-24)15-33-25-28-23-22(29-30-25)17-10-4-6-12-19(17)31(23)14-16-8-2-1-3-9-16/h1-13H,14-15H2,(H,26,27,32). The summed E-state index contributed by atoms with van der Waals surface area (Å²) in [5.74, 6) is 0.0137. The minimum absolute atomic E-state index is 0.155. The molecule has 0 saturated heterocycles. The van der Waals surface area contributed by atoms with Crippen LogP contribution in [0.5, 0.6) is 0 Å². The topological polar surface area (TPSA) is 85.6 Å². The lowest BCUT2D eigenvalue weighted by Gasteiger charge is -2.07. The van der Waals surface area contributed by atoms with Gasteiger partial charge >= 0.3 is 0 Å². The zero-order valence-corrected chi connectivity index (χ0v) is 19.5. The Morgan fingerprint density at radius 2 is 1.71 bits per heavy atom. The number of rotatable bonds is 6. The number of para-hydroxylation sites is 2. The van der Waals surface area contributed by atoms with Crippen LogP contribution in [-0.2, 0) is 11.3 Å². The Morgan fingerprint density at radius 3 is 2.59 bits per heavy atom. The molecule has 166 valence electrons. The summed E-state index contributed by atoms with van der Waals surface area (Å²) < 4.78 is 3.19. The molecule has 0 unspecified atom stereocenters. The fourth-order valence-corrected chi connectivity index (χ4v) is 5.35. The van der Waals surface area contributed by atoms with E-state index in [1.165, 1.54) is 28.7 Å². The van der Waals surface area contributed by atoms with Gasteiger partial charge < -0.3 is 9.88 Å². The molecule has 6 aromatic rings. The van der Waals surface area contributed by atoms with Crippen molar-refractivity contribution in [3.8, 4) is 0 Å². The van der Waals surface area contributed by atoms with Crippen LogP contribution >= 0.6 is 23.1 Å². The van der Waals surface area contributed by atoms with E-state index in [-0.39, 0.29) is 11.7 Å². The molecule has 7 nitrogen and oxygen atoms in total. The number of benzene rings is 3. The lowest BCUT2D eigenvalue weighted by atomic mass is 10.2. The Bertz CT molecular complexity index is 1610. The predicted octanol–water partition coefficient (Wildman–Crippen LogP) is 5.37. The molecule has 3 heterocycles. The lowest BCUT2D eigenvalue weighted by Crippen LogP contribution is -2.14. The molecule has 1 N–H and O–H groups in total. The number of anilines is 1. The molecule has 0 fully saturated rings. The summed E-state index contributed by atoms with van der Waals surface area (Å²) in [5, 5.41) is 13.7. The molecule has 0 atom stereocenters.